The third-order valence-electron chi connectivity index (χ3n) is 2.33. The predicted molar refractivity (Wildman–Crippen MR) is 82.4 cm³/mol. The standard InChI is InChI=1S/C13H13Br2N3O/c1-2-16-13-7-17-10(6-18-13)8-19-12-4-3-9(14)5-11(12)15/h3-7H,2,8H2,1H3,(H,16,18). The fourth-order valence-electron chi connectivity index (χ4n) is 1.45. The highest BCUT2D eigenvalue weighted by atomic mass is 79.9. The van der Waals surface area contributed by atoms with Crippen molar-refractivity contribution in [3.05, 3.63) is 45.2 Å². The Morgan fingerprint density at radius 2 is 2.05 bits per heavy atom. The molecule has 0 bridgehead atoms. The second-order valence-corrected chi connectivity index (χ2v) is 5.56. The Bertz CT molecular complexity index is 546. The van der Waals surface area contributed by atoms with Crippen LogP contribution in [0.3, 0.4) is 0 Å². The highest BCUT2D eigenvalue weighted by Gasteiger charge is 2.03. The second-order valence-electron chi connectivity index (χ2n) is 3.79. The third-order valence-corrected chi connectivity index (χ3v) is 3.45. The van der Waals surface area contributed by atoms with Gasteiger partial charge >= 0.3 is 0 Å². The van der Waals surface area contributed by atoms with Crippen LogP contribution >= 0.6 is 31.9 Å². The van der Waals surface area contributed by atoms with E-state index in [4.69, 9.17) is 4.74 Å². The lowest BCUT2D eigenvalue weighted by molar-refractivity contribution is 0.299. The summed E-state index contributed by atoms with van der Waals surface area (Å²) in [6.07, 6.45) is 3.42. The van der Waals surface area contributed by atoms with E-state index in [0.717, 1.165) is 32.8 Å². The number of rotatable bonds is 5. The smallest absolute Gasteiger partial charge is 0.144 e. The van der Waals surface area contributed by atoms with E-state index in [1.807, 2.05) is 25.1 Å². The van der Waals surface area contributed by atoms with Crippen molar-refractivity contribution in [2.24, 2.45) is 0 Å². The van der Waals surface area contributed by atoms with E-state index in [9.17, 15) is 0 Å². The molecule has 4 nitrogen and oxygen atoms in total. The van der Waals surface area contributed by atoms with Crippen molar-refractivity contribution in [3.8, 4) is 5.75 Å². The Hall–Kier alpha value is -1.14. The Balaban J connectivity index is 1.98. The first kappa shape index (κ1) is 14.3. The topological polar surface area (TPSA) is 47.0 Å². The van der Waals surface area contributed by atoms with Gasteiger partial charge in [-0.1, -0.05) is 15.9 Å². The molecular weight excluding hydrogens is 374 g/mol. The lowest BCUT2D eigenvalue weighted by Gasteiger charge is -2.08. The molecule has 19 heavy (non-hydrogen) atoms. The summed E-state index contributed by atoms with van der Waals surface area (Å²) in [5.41, 5.74) is 0.788. The fourth-order valence-corrected chi connectivity index (χ4v) is 2.61. The number of anilines is 1. The molecule has 1 aromatic heterocycles. The number of hydrogen-bond acceptors (Lipinski definition) is 4. The summed E-state index contributed by atoms with van der Waals surface area (Å²) in [5, 5.41) is 3.10. The number of hydrogen-bond donors (Lipinski definition) is 1. The maximum Gasteiger partial charge on any atom is 0.144 e. The van der Waals surface area contributed by atoms with E-state index in [1.54, 1.807) is 12.4 Å². The molecule has 0 aliphatic rings. The summed E-state index contributed by atoms with van der Waals surface area (Å²) in [6, 6.07) is 5.77. The zero-order valence-electron chi connectivity index (χ0n) is 10.4. The molecule has 6 heteroatoms. The molecule has 1 aromatic carbocycles. The van der Waals surface area contributed by atoms with Crippen molar-refractivity contribution in [2.45, 2.75) is 13.5 Å². The van der Waals surface area contributed by atoms with Gasteiger partial charge in [0.15, 0.2) is 0 Å². The van der Waals surface area contributed by atoms with Gasteiger partial charge in [-0.15, -0.1) is 0 Å². The predicted octanol–water partition coefficient (Wildman–Crippen LogP) is 4.01. The van der Waals surface area contributed by atoms with E-state index in [-0.39, 0.29) is 0 Å². The summed E-state index contributed by atoms with van der Waals surface area (Å²) in [5.74, 6) is 1.55. The lowest BCUT2D eigenvalue weighted by atomic mass is 10.3. The Morgan fingerprint density at radius 1 is 1.21 bits per heavy atom. The van der Waals surface area contributed by atoms with Gasteiger partial charge in [-0.3, -0.25) is 4.98 Å². The minimum atomic E-state index is 0.389. The van der Waals surface area contributed by atoms with E-state index in [2.05, 4.69) is 47.1 Å². The summed E-state index contributed by atoms with van der Waals surface area (Å²) in [4.78, 5) is 8.53. The first-order valence-corrected chi connectivity index (χ1v) is 7.40. The van der Waals surface area contributed by atoms with Gasteiger partial charge in [0, 0.05) is 11.0 Å². The molecule has 0 aliphatic heterocycles. The van der Waals surface area contributed by atoms with Gasteiger partial charge in [-0.25, -0.2) is 4.98 Å². The minimum Gasteiger partial charge on any atom is -0.486 e. The highest BCUT2D eigenvalue weighted by Crippen LogP contribution is 2.28. The van der Waals surface area contributed by atoms with Crippen LogP contribution in [0.5, 0.6) is 5.75 Å². The Labute approximate surface area is 128 Å². The number of aromatic nitrogens is 2. The number of ether oxygens (including phenoxy) is 1. The van der Waals surface area contributed by atoms with Crippen LogP contribution in [0, 0.1) is 0 Å². The third kappa shape index (κ3) is 4.18. The molecule has 1 N–H and O–H groups in total. The molecule has 0 aliphatic carbocycles. The van der Waals surface area contributed by atoms with Gasteiger partial charge < -0.3 is 10.1 Å². The van der Waals surface area contributed by atoms with E-state index >= 15 is 0 Å². The fraction of sp³-hybridized carbons (Fsp3) is 0.231. The molecule has 0 atom stereocenters. The zero-order valence-corrected chi connectivity index (χ0v) is 13.5. The molecule has 0 unspecified atom stereocenters. The Kier molecular flexibility index (Phi) is 5.15. The number of benzene rings is 1. The lowest BCUT2D eigenvalue weighted by Crippen LogP contribution is -2.03. The van der Waals surface area contributed by atoms with Crippen LogP contribution in [0.25, 0.3) is 0 Å². The maximum atomic E-state index is 5.69. The van der Waals surface area contributed by atoms with Gasteiger partial charge in [-0.2, -0.15) is 0 Å². The molecule has 0 saturated heterocycles. The van der Waals surface area contributed by atoms with Crippen molar-refractivity contribution in [3.63, 3.8) is 0 Å². The van der Waals surface area contributed by atoms with Crippen molar-refractivity contribution in [1.82, 2.24) is 9.97 Å². The van der Waals surface area contributed by atoms with Gasteiger partial charge in [0.25, 0.3) is 0 Å². The van der Waals surface area contributed by atoms with E-state index in [0.29, 0.717) is 6.61 Å². The van der Waals surface area contributed by atoms with Crippen LogP contribution in [0.15, 0.2) is 39.5 Å². The first-order valence-electron chi connectivity index (χ1n) is 5.81. The summed E-state index contributed by atoms with van der Waals surface area (Å²) >= 11 is 6.85. The van der Waals surface area contributed by atoms with E-state index < -0.39 is 0 Å². The van der Waals surface area contributed by atoms with E-state index in [1.165, 1.54) is 0 Å². The molecule has 0 spiro atoms. The summed E-state index contributed by atoms with van der Waals surface area (Å²) in [6.45, 7) is 3.24. The SMILES string of the molecule is CCNc1cnc(COc2ccc(Br)cc2Br)cn1. The number of nitrogens with one attached hydrogen (secondary N) is 1. The van der Waals surface area contributed by atoms with Crippen LogP contribution in [0.2, 0.25) is 0 Å². The zero-order chi connectivity index (χ0) is 13.7. The van der Waals surface area contributed by atoms with Gasteiger partial charge in [0.05, 0.1) is 22.6 Å². The van der Waals surface area contributed by atoms with Crippen LogP contribution in [0.4, 0.5) is 5.82 Å². The van der Waals surface area contributed by atoms with Crippen molar-refractivity contribution in [1.29, 1.82) is 0 Å². The average Bonchev–Trinajstić information content (AvgIpc) is 2.40. The number of halogens is 2. The van der Waals surface area contributed by atoms with Crippen molar-refractivity contribution >= 4 is 37.7 Å². The van der Waals surface area contributed by atoms with Gasteiger partial charge in [0.2, 0.25) is 0 Å². The minimum absolute atomic E-state index is 0.389. The molecule has 2 rings (SSSR count). The van der Waals surface area contributed by atoms with Gasteiger partial charge in [-0.05, 0) is 41.1 Å². The molecule has 0 fully saturated rings. The van der Waals surface area contributed by atoms with Crippen LogP contribution in [0.1, 0.15) is 12.6 Å². The average molecular weight is 387 g/mol. The Morgan fingerprint density at radius 3 is 2.68 bits per heavy atom. The maximum absolute atomic E-state index is 5.69. The molecular formula is C13H13Br2N3O. The van der Waals surface area contributed by atoms with Crippen LogP contribution in [-0.4, -0.2) is 16.5 Å². The van der Waals surface area contributed by atoms with Crippen molar-refractivity contribution < 1.29 is 4.74 Å². The monoisotopic (exact) mass is 385 g/mol. The van der Waals surface area contributed by atoms with Crippen LogP contribution < -0.4 is 10.1 Å². The summed E-state index contributed by atoms with van der Waals surface area (Å²) < 4.78 is 7.59. The molecule has 100 valence electrons. The second kappa shape index (κ2) is 6.86. The highest BCUT2D eigenvalue weighted by molar-refractivity contribution is 9.11. The molecule has 1 heterocycles. The largest absolute Gasteiger partial charge is 0.486 e. The summed E-state index contributed by atoms with van der Waals surface area (Å²) in [7, 11) is 0. The quantitative estimate of drug-likeness (QED) is 0.843. The molecule has 0 amide bonds. The molecule has 2 aromatic rings. The van der Waals surface area contributed by atoms with Crippen molar-refractivity contribution in [2.75, 3.05) is 11.9 Å². The van der Waals surface area contributed by atoms with Crippen LogP contribution in [-0.2, 0) is 6.61 Å². The first-order chi connectivity index (χ1) is 9.19. The number of nitrogens with zero attached hydrogens (tertiary/aromatic N) is 2. The van der Waals surface area contributed by atoms with Gasteiger partial charge in [0.1, 0.15) is 18.2 Å². The molecule has 0 saturated carbocycles. The molecule has 0 radical (unpaired) electrons. The normalized spacial score (nSPS) is 10.3.